The predicted octanol–water partition coefficient (Wildman–Crippen LogP) is 2.97. The summed E-state index contributed by atoms with van der Waals surface area (Å²) in [5, 5.41) is 0.132. The molecule has 0 spiro atoms. The molecule has 0 unspecified atom stereocenters. The number of alkyl halides is 2. The van der Waals surface area contributed by atoms with Crippen molar-refractivity contribution in [2.24, 2.45) is 0 Å². The van der Waals surface area contributed by atoms with Crippen molar-refractivity contribution >= 4 is 11.6 Å². The number of hydrogen-bond donors (Lipinski definition) is 0. The van der Waals surface area contributed by atoms with Gasteiger partial charge >= 0.3 is 6.29 Å². The molecule has 0 atom stereocenters. The lowest BCUT2D eigenvalue weighted by molar-refractivity contribution is -0.286. The highest BCUT2D eigenvalue weighted by Crippen LogP contribution is 2.45. The molecule has 0 saturated carbocycles. The van der Waals surface area contributed by atoms with Crippen molar-refractivity contribution in [1.82, 2.24) is 0 Å². The van der Waals surface area contributed by atoms with E-state index in [0.29, 0.717) is 0 Å². The van der Waals surface area contributed by atoms with Gasteiger partial charge in [-0.3, -0.25) is 0 Å². The summed E-state index contributed by atoms with van der Waals surface area (Å²) in [5.74, 6) is -0.118. The normalized spacial score (nSPS) is 17.5. The van der Waals surface area contributed by atoms with Crippen LogP contribution in [-0.4, -0.2) is 6.29 Å². The van der Waals surface area contributed by atoms with E-state index in [9.17, 15) is 8.78 Å². The zero-order chi connectivity index (χ0) is 9.64. The Bertz CT molecular complexity index is 365. The average molecular weight is 207 g/mol. The van der Waals surface area contributed by atoms with Crippen molar-refractivity contribution in [2.75, 3.05) is 0 Å². The maximum atomic E-state index is 12.5. The Morgan fingerprint density at radius 2 is 2.00 bits per heavy atom. The molecule has 0 radical (unpaired) electrons. The highest BCUT2D eigenvalue weighted by atomic mass is 35.5. The number of rotatable bonds is 0. The number of aryl methyl sites for hydroxylation is 1. The lowest BCUT2D eigenvalue weighted by atomic mass is 10.2. The van der Waals surface area contributed by atoms with Gasteiger partial charge in [0.15, 0.2) is 11.5 Å². The first-order valence-corrected chi connectivity index (χ1v) is 3.92. The van der Waals surface area contributed by atoms with Gasteiger partial charge in [0.25, 0.3) is 0 Å². The summed E-state index contributed by atoms with van der Waals surface area (Å²) in [5.41, 5.74) is 0.741. The summed E-state index contributed by atoms with van der Waals surface area (Å²) in [6, 6.07) is 2.98. The fraction of sp³-hybridized carbons (Fsp3) is 0.250. The molecule has 1 aromatic rings. The van der Waals surface area contributed by atoms with Crippen molar-refractivity contribution in [2.45, 2.75) is 13.2 Å². The van der Waals surface area contributed by atoms with Gasteiger partial charge in [0, 0.05) is 0 Å². The summed E-state index contributed by atoms with van der Waals surface area (Å²) >= 11 is 5.66. The van der Waals surface area contributed by atoms with Crippen LogP contribution in [0.25, 0.3) is 0 Å². The molecule has 1 aliphatic heterocycles. The largest absolute Gasteiger partial charge is 0.586 e. The van der Waals surface area contributed by atoms with Crippen molar-refractivity contribution in [3.8, 4) is 11.5 Å². The fourth-order valence-electron chi connectivity index (χ4n) is 1.14. The molecule has 1 aliphatic rings. The predicted molar refractivity (Wildman–Crippen MR) is 42.4 cm³/mol. The fourth-order valence-corrected chi connectivity index (χ4v) is 1.44. The zero-order valence-corrected chi connectivity index (χ0v) is 7.36. The zero-order valence-electron chi connectivity index (χ0n) is 6.61. The molecule has 70 valence electrons. The van der Waals surface area contributed by atoms with Crippen LogP contribution in [0.5, 0.6) is 11.5 Å². The second-order valence-corrected chi connectivity index (χ2v) is 3.15. The minimum Gasteiger partial charge on any atom is -0.395 e. The van der Waals surface area contributed by atoms with E-state index in [0.717, 1.165) is 5.56 Å². The molecular weight excluding hydrogens is 202 g/mol. The van der Waals surface area contributed by atoms with Gasteiger partial charge in [-0.1, -0.05) is 11.6 Å². The molecule has 0 saturated heterocycles. The average Bonchev–Trinajstić information content (AvgIpc) is 2.23. The highest BCUT2D eigenvalue weighted by molar-refractivity contribution is 6.32. The van der Waals surface area contributed by atoms with Gasteiger partial charge in [0.2, 0.25) is 0 Å². The molecule has 2 rings (SSSR count). The summed E-state index contributed by atoms with van der Waals surface area (Å²) in [6.07, 6.45) is -3.60. The topological polar surface area (TPSA) is 18.5 Å². The van der Waals surface area contributed by atoms with E-state index in [4.69, 9.17) is 11.6 Å². The van der Waals surface area contributed by atoms with Crippen LogP contribution in [0.15, 0.2) is 12.1 Å². The Morgan fingerprint density at radius 3 is 2.69 bits per heavy atom. The van der Waals surface area contributed by atoms with Crippen molar-refractivity contribution < 1.29 is 18.3 Å². The molecule has 2 nitrogen and oxygen atoms in total. The van der Waals surface area contributed by atoms with Gasteiger partial charge in [-0.2, -0.15) is 0 Å². The van der Waals surface area contributed by atoms with Gasteiger partial charge in [0.1, 0.15) is 0 Å². The van der Waals surface area contributed by atoms with Crippen molar-refractivity contribution in [3.63, 3.8) is 0 Å². The molecule has 0 amide bonds. The molecule has 0 aliphatic carbocycles. The maximum Gasteiger partial charge on any atom is 0.586 e. The van der Waals surface area contributed by atoms with Gasteiger partial charge in [-0.05, 0) is 24.6 Å². The van der Waals surface area contributed by atoms with Crippen molar-refractivity contribution in [3.05, 3.63) is 22.7 Å². The maximum absolute atomic E-state index is 12.5. The van der Waals surface area contributed by atoms with E-state index in [1.54, 1.807) is 6.92 Å². The van der Waals surface area contributed by atoms with Crippen molar-refractivity contribution in [1.29, 1.82) is 0 Å². The Morgan fingerprint density at radius 1 is 1.31 bits per heavy atom. The lowest BCUT2D eigenvalue weighted by Gasteiger charge is -2.04. The number of halogens is 3. The number of hydrogen-bond acceptors (Lipinski definition) is 2. The van der Waals surface area contributed by atoms with Crippen LogP contribution in [0.2, 0.25) is 5.02 Å². The number of ether oxygens (including phenoxy) is 2. The van der Waals surface area contributed by atoms with E-state index in [-0.39, 0.29) is 16.5 Å². The van der Waals surface area contributed by atoms with E-state index < -0.39 is 6.29 Å². The molecule has 0 bridgehead atoms. The smallest absolute Gasteiger partial charge is 0.395 e. The molecular formula is C8H5ClF2O2. The summed E-state index contributed by atoms with van der Waals surface area (Å²) < 4.78 is 33.5. The Hall–Kier alpha value is -1.03. The Balaban J connectivity index is 2.52. The Kier molecular flexibility index (Phi) is 1.63. The molecule has 1 heterocycles. The Labute approximate surface area is 78.0 Å². The molecule has 0 fully saturated rings. The van der Waals surface area contributed by atoms with Crippen LogP contribution >= 0.6 is 11.6 Å². The van der Waals surface area contributed by atoms with Crippen LogP contribution in [0.1, 0.15) is 5.56 Å². The molecule has 5 heteroatoms. The minimum absolute atomic E-state index is 0.0185. The molecule has 0 N–H and O–H groups in total. The second-order valence-electron chi connectivity index (χ2n) is 2.74. The minimum atomic E-state index is -3.60. The van der Waals surface area contributed by atoms with Crippen LogP contribution in [0.3, 0.4) is 0 Å². The van der Waals surface area contributed by atoms with Crippen LogP contribution < -0.4 is 9.47 Å². The third kappa shape index (κ3) is 1.42. The van der Waals surface area contributed by atoms with Gasteiger partial charge in [-0.15, -0.1) is 8.78 Å². The molecule has 1 aromatic carbocycles. The van der Waals surface area contributed by atoms with Gasteiger partial charge < -0.3 is 9.47 Å². The van der Waals surface area contributed by atoms with E-state index in [1.165, 1.54) is 12.1 Å². The number of fused-ring (bicyclic) bond motifs is 1. The van der Waals surface area contributed by atoms with Gasteiger partial charge in [0.05, 0.1) is 5.02 Å². The standard InChI is InChI=1S/C8H5ClF2O2/c1-4-2-5(9)7-6(3-4)12-8(10,11)13-7/h2-3H,1H3. The third-order valence-corrected chi connectivity index (χ3v) is 1.88. The molecule has 0 aromatic heterocycles. The summed E-state index contributed by atoms with van der Waals surface area (Å²) in [6.45, 7) is 1.73. The first-order chi connectivity index (χ1) is 5.98. The van der Waals surface area contributed by atoms with E-state index >= 15 is 0 Å². The third-order valence-electron chi connectivity index (χ3n) is 1.60. The number of benzene rings is 1. The first-order valence-electron chi connectivity index (χ1n) is 3.54. The summed E-state index contributed by atoms with van der Waals surface area (Å²) in [7, 11) is 0. The van der Waals surface area contributed by atoms with E-state index in [2.05, 4.69) is 9.47 Å². The molecule has 13 heavy (non-hydrogen) atoms. The van der Waals surface area contributed by atoms with Gasteiger partial charge in [-0.25, -0.2) is 0 Å². The second kappa shape index (κ2) is 2.48. The SMILES string of the molecule is Cc1cc(Cl)c2c(c1)OC(F)(F)O2. The van der Waals surface area contributed by atoms with Crippen LogP contribution in [-0.2, 0) is 0 Å². The first kappa shape index (κ1) is 8.56. The quantitative estimate of drug-likeness (QED) is 0.650. The monoisotopic (exact) mass is 206 g/mol. The summed E-state index contributed by atoms with van der Waals surface area (Å²) in [4.78, 5) is 0. The van der Waals surface area contributed by atoms with E-state index in [1.807, 2.05) is 0 Å². The van der Waals surface area contributed by atoms with Crippen LogP contribution in [0, 0.1) is 6.92 Å². The lowest BCUT2D eigenvalue weighted by Crippen LogP contribution is -2.26. The highest BCUT2D eigenvalue weighted by Gasteiger charge is 2.44. The van der Waals surface area contributed by atoms with Crippen LogP contribution in [0.4, 0.5) is 8.78 Å².